The molecule has 0 aliphatic carbocycles. The molecule has 0 radical (unpaired) electrons. The van der Waals surface area contributed by atoms with Crippen molar-refractivity contribution >= 4 is 11.0 Å². The number of hydrogen-bond acceptors (Lipinski definition) is 4. The van der Waals surface area contributed by atoms with Crippen LogP contribution in [0, 0.1) is 6.92 Å². The highest BCUT2D eigenvalue weighted by Gasteiger charge is 2.09. The predicted octanol–water partition coefficient (Wildman–Crippen LogP) is 1.60. The standard InChI is InChI=1S/C10H12N2O2/c1-6-8-4-9(13-2)7(5-11)3-10(8)14-12-6/h3-4H,5,11H2,1-2H3. The first-order valence-electron chi connectivity index (χ1n) is 4.39. The Morgan fingerprint density at radius 3 is 2.93 bits per heavy atom. The van der Waals surface area contributed by atoms with Gasteiger partial charge in [-0.3, -0.25) is 0 Å². The van der Waals surface area contributed by atoms with Crippen LogP contribution < -0.4 is 10.5 Å². The summed E-state index contributed by atoms with van der Waals surface area (Å²) in [5.41, 5.74) is 8.13. The zero-order valence-corrected chi connectivity index (χ0v) is 8.20. The Balaban J connectivity index is 2.71. The molecule has 74 valence electrons. The lowest BCUT2D eigenvalue weighted by atomic mass is 10.1. The monoisotopic (exact) mass is 192 g/mol. The van der Waals surface area contributed by atoms with Gasteiger partial charge in [-0.1, -0.05) is 5.16 Å². The lowest BCUT2D eigenvalue weighted by Crippen LogP contribution is -1.99. The quantitative estimate of drug-likeness (QED) is 0.785. The van der Waals surface area contributed by atoms with Crippen molar-refractivity contribution in [3.05, 3.63) is 23.4 Å². The van der Waals surface area contributed by atoms with Crippen LogP contribution in [0.2, 0.25) is 0 Å². The van der Waals surface area contributed by atoms with E-state index in [-0.39, 0.29) is 0 Å². The van der Waals surface area contributed by atoms with Crippen molar-refractivity contribution in [1.29, 1.82) is 0 Å². The van der Waals surface area contributed by atoms with Crippen LogP contribution in [0.25, 0.3) is 11.0 Å². The van der Waals surface area contributed by atoms with Crippen LogP contribution in [0.3, 0.4) is 0 Å². The maximum atomic E-state index is 5.58. The van der Waals surface area contributed by atoms with Gasteiger partial charge in [-0.25, -0.2) is 0 Å². The minimum Gasteiger partial charge on any atom is -0.496 e. The molecule has 0 saturated carbocycles. The van der Waals surface area contributed by atoms with E-state index in [0.29, 0.717) is 6.54 Å². The maximum Gasteiger partial charge on any atom is 0.167 e. The van der Waals surface area contributed by atoms with Gasteiger partial charge in [0.1, 0.15) is 5.75 Å². The fraction of sp³-hybridized carbons (Fsp3) is 0.300. The molecule has 0 amide bonds. The minimum absolute atomic E-state index is 0.429. The summed E-state index contributed by atoms with van der Waals surface area (Å²) in [6.07, 6.45) is 0. The summed E-state index contributed by atoms with van der Waals surface area (Å²) in [5, 5.41) is 4.85. The van der Waals surface area contributed by atoms with Gasteiger partial charge in [-0.15, -0.1) is 0 Å². The lowest BCUT2D eigenvalue weighted by Gasteiger charge is -2.05. The van der Waals surface area contributed by atoms with Gasteiger partial charge in [0, 0.05) is 17.5 Å². The highest BCUT2D eigenvalue weighted by molar-refractivity contribution is 5.82. The van der Waals surface area contributed by atoms with E-state index in [1.165, 1.54) is 0 Å². The summed E-state index contributed by atoms with van der Waals surface area (Å²) in [4.78, 5) is 0. The molecule has 0 bridgehead atoms. The zero-order chi connectivity index (χ0) is 10.1. The van der Waals surface area contributed by atoms with Gasteiger partial charge in [0.25, 0.3) is 0 Å². The van der Waals surface area contributed by atoms with E-state index in [1.54, 1.807) is 7.11 Å². The van der Waals surface area contributed by atoms with Gasteiger partial charge in [0.15, 0.2) is 5.58 Å². The van der Waals surface area contributed by atoms with Gasteiger partial charge >= 0.3 is 0 Å². The van der Waals surface area contributed by atoms with E-state index < -0.39 is 0 Å². The molecule has 4 heteroatoms. The molecule has 0 spiro atoms. The average molecular weight is 192 g/mol. The molecule has 2 aromatic rings. The first-order chi connectivity index (χ1) is 6.76. The van der Waals surface area contributed by atoms with Crippen molar-refractivity contribution in [1.82, 2.24) is 5.16 Å². The number of methoxy groups -OCH3 is 1. The van der Waals surface area contributed by atoms with E-state index in [1.807, 2.05) is 19.1 Å². The minimum atomic E-state index is 0.429. The Labute approximate surface area is 81.6 Å². The summed E-state index contributed by atoms with van der Waals surface area (Å²) in [6, 6.07) is 3.78. The number of nitrogens with zero attached hydrogens (tertiary/aromatic N) is 1. The van der Waals surface area contributed by atoms with Crippen molar-refractivity contribution in [2.75, 3.05) is 7.11 Å². The summed E-state index contributed by atoms with van der Waals surface area (Å²) in [5.74, 6) is 0.784. The van der Waals surface area contributed by atoms with Crippen molar-refractivity contribution in [2.45, 2.75) is 13.5 Å². The van der Waals surface area contributed by atoms with Crippen LogP contribution in [-0.4, -0.2) is 12.3 Å². The lowest BCUT2D eigenvalue weighted by molar-refractivity contribution is 0.410. The Morgan fingerprint density at radius 1 is 1.50 bits per heavy atom. The molecule has 0 aliphatic heterocycles. The van der Waals surface area contributed by atoms with Gasteiger partial charge in [-0.2, -0.15) is 0 Å². The smallest absolute Gasteiger partial charge is 0.167 e. The van der Waals surface area contributed by atoms with Crippen LogP contribution >= 0.6 is 0 Å². The normalized spacial score (nSPS) is 10.8. The van der Waals surface area contributed by atoms with Crippen LogP contribution in [0.5, 0.6) is 5.75 Å². The molecule has 14 heavy (non-hydrogen) atoms. The molecule has 0 fully saturated rings. The Bertz CT molecular complexity index is 462. The summed E-state index contributed by atoms with van der Waals surface area (Å²) in [6.45, 7) is 2.33. The topological polar surface area (TPSA) is 61.3 Å². The Morgan fingerprint density at radius 2 is 2.29 bits per heavy atom. The van der Waals surface area contributed by atoms with Crippen LogP contribution in [-0.2, 0) is 6.54 Å². The van der Waals surface area contributed by atoms with Crippen LogP contribution in [0.15, 0.2) is 16.7 Å². The number of rotatable bonds is 2. The Kier molecular flexibility index (Phi) is 2.13. The fourth-order valence-corrected chi connectivity index (χ4v) is 1.48. The van der Waals surface area contributed by atoms with E-state index >= 15 is 0 Å². The summed E-state index contributed by atoms with van der Waals surface area (Å²) >= 11 is 0. The van der Waals surface area contributed by atoms with Gasteiger partial charge < -0.3 is 15.0 Å². The second-order valence-corrected chi connectivity index (χ2v) is 3.13. The molecule has 1 heterocycles. The first kappa shape index (κ1) is 9.02. The number of hydrogen-bond donors (Lipinski definition) is 1. The fourth-order valence-electron chi connectivity index (χ4n) is 1.48. The number of ether oxygens (including phenoxy) is 1. The molecular formula is C10H12N2O2. The number of aryl methyl sites for hydroxylation is 1. The SMILES string of the molecule is COc1cc2c(C)noc2cc1CN. The molecule has 0 unspecified atom stereocenters. The first-order valence-corrected chi connectivity index (χ1v) is 4.39. The molecule has 0 atom stereocenters. The van der Waals surface area contributed by atoms with Gasteiger partial charge in [-0.05, 0) is 19.1 Å². The molecule has 2 rings (SSSR count). The largest absolute Gasteiger partial charge is 0.496 e. The second kappa shape index (κ2) is 3.31. The highest BCUT2D eigenvalue weighted by atomic mass is 16.5. The van der Waals surface area contributed by atoms with E-state index in [4.69, 9.17) is 15.0 Å². The van der Waals surface area contributed by atoms with E-state index in [0.717, 1.165) is 28.0 Å². The van der Waals surface area contributed by atoms with Crippen molar-refractivity contribution in [2.24, 2.45) is 5.73 Å². The molecule has 2 N–H and O–H groups in total. The second-order valence-electron chi connectivity index (χ2n) is 3.13. The van der Waals surface area contributed by atoms with Crippen molar-refractivity contribution in [3.63, 3.8) is 0 Å². The average Bonchev–Trinajstić information content (AvgIpc) is 2.58. The third-order valence-corrected chi connectivity index (χ3v) is 2.27. The summed E-state index contributed by atoms with van der Waals surface area (Å²) in [7, 11) is 1.63. The van der Waals surface area contributed by atoms with E-state index in [2.05, 4.69) is 5.16 Å². The predicted molar refractivity (Wildman–Crippen MR) is 53.2 cm³/mol. The number of nitrogens with two attached hydrogens (primary N) is 1. The van der Waals surface area contributed by atoms with Crippen molar-refractivity contribution < 1.29 is 9.26 Å². The third kappa shape index (κ3) is 1.24. The summed E-state index contributed by atoms with van der Waals surface area (Å²) < 4.78 is 10.3. The molecular weight excluding hydrogens is 180 g/mol. The highest BCUT2D eigenvalue weighted by Crippen LogP contribution is 2.27. The van der Waals surface area contributed by atoms with Crippen LogP contribution in [0.1, 0.15) is 11.3 Å². The third-order valence-electron chi connectivity index (χ3n) is 2.27. The Hall–Kier alpha value is -1.55. The molecule has 4 nitrogen and oxygen atoms in total. The number of fused-ring (bicyclic) bond motifs is 1. The van der Waals surface area contributed by atoms with Gasteiger partial charge in [0.2, 0.25) is 0 Å². The molecule has 1 aromatic heterocycles. The number of benzene rings is 1. The van der Waals surface area contributed by atoms with E-state index in [9.17, 15) is 0 Å². The molecule has 0 saturated heterocycles. The van der Waals surface area contributed by atoms with Gasteiger partial charge in [0.05, 0.1) is 12.8 Å². The number of aromatic nitrogens is 1. The van der Waals surface area contributed by atoms with Crippen molar-refractivity contribution in [3.8, 4) is 5.75 Å². The maximum absolute atomic E-state index is 5.58. The van der Waals surface area contributed by atoms with Crippen LogP contribution in [0.4, 0.5) is 0 Å². The zero-order valence-electron chi connectivity index (χ0n) is 8.20. The molecule has 1 aromatic carbocycles. The molecule has 0 aliphatic rings.